The van der Waals surface area contributed by atoms with Crippen molar-refractivity contribution in [3.63, 3.8) is 0 Å². The Morgan fingerprint density at radius 2 is 1.83 bits per heavy atom. The molecule has 216 valence electrons. The monoisotopic (exact) mass is 646 g/mol. The van der Waals surface area contributed by atoms with Gasteiger partial charge in [-0.05, 0) is 52.0 Å². The van der Waals surface area contributed by atoms with Crippen LogP contribution in [0.2, 0.25) is 0 Å². The zero-order valence-electron chi connectivity index (χ0n) is 23.6. The quantitative estimate of drug-likeness (QED) is 0.312. The van der Waals surface area contributed by atoms with Crippen molar-refractivity contribution in [1.82, 2.24) is 4.57 Å². The summed E-state index contributed by atoms with van der Waals surface area (Å²) in [6.07, 6.45) is 1.75. The lowest BCUT2D eigenvalue weighted by atomic mass is 9.93. The minimum atomic E-state index is -0.638. The Morgan fingerprint density at radius 3 is 2.52 bits per heavy atom. The number of benzene rings is 2. The average Bonchev–Trinajstić information content (AvgIpc) is 3.51. The molecule has 0 aliphatic carbocycles. The van der Waals surface area contributed by atoms with E-state index in [0.29, 0.717) is 51.2 Å². The molecule has 4 heterocycles. The van der Waals surface area contributed by atoms with Gasteiger partial charge in [-0.1, -0.05) is 67.6 Å². The third-order valence-corrected chi connectivity index (χ3v) is 9.03. The van der Waals surface area contributed by atoms with Crippen LogP contribution in [0.5, 0.6) is 0 Å². The van der Waals surface area contributed by atoms with E-state index in [1.165, 1.54) is 16.9 Å². The average molecular weight is 648 g/mol. The van der Waals surface area contributed by atoms with E-state index in [1.807, 2.05) is 55.5 Å². The van der Waals surface area contributed by atoms with E-state index in [0.717, 1.165) is 29.0 Å². The van der Waals surface area contributed by atoms with Crippen molar-refractivity contribution in [1.29, 1.82) is 0 Å². The summed E-state index contributed by atoms with van der Waals surface area (Å²) in [7, 11) is 0. The molecule has 1 N–H and O–H groups in total. The number of allylic oxidation sites excluding steroid dienone is 1. The van der Waals surface area contributed by atoms with Gasteiger partial charge in [0.05, 0.1) is 39.5 Å². The Kier molecular flexibility index (Phi) is 8.02. The second-order valence-electron chi connectivity index (χ2n) is 10.6. The van der Waals surface area contributed by atoms with Crippen molar-refractivity contribution < 1.29 is 13.9 Å². The van der Waals surface area contributed by atoms with Gasteiger partial charge in [-0.3, -0.25) is 14.2 Å². The topological polar surface area (TPSA) is 89.1 Å². The van der Waals surface area contributed by atoms with Crippen LogP contribution >= 0.6 is 27.3 Å². The standard InChI is InChI=1S/C32H31BrN4O4S/c1-19(2)21-9-11-22(12-10-21)28-27(29(38)35-23-7-5-4-6-8-23)20(3)34-32-37(28)30(39)26(42-32)18-24-17-25(33)31(41-24)36-13-15-40-16-14-36/h4-12,17-19,28H,13-16H2,1-3H3,(H,35,38)/b26-18+. The zero-order chi connectivity index (χ0) is 29.4. The summed E-state index contributed by atoms with van der Waals surface area (Å²) in [5.41, 5.74) is 3.48. The summed E-state index contributed by atoms with van der Waals surface area (Å²) in [4.78, 5) is 35.2. The Balaban J connectivity index is 1.45. The smallest absolute Gasteiger partial charge is 0.271 e. The second kappa shape index (κ2) is 11.9. The number of nitrogens with zero attached hydrogens (tertiary/aromatic N) is 3. The maximum absolute atomic E-state index is 14.1. The molecule has 10 heteroatoms. The summed E-state index contributed by atoms with van der Waals surface area (Å²) in [6, 6.07) is 18.7. The predicted molar refractivity (Wildman–Crippen MR) is 169 cm³/mol. The van der Waals surface area contributed by atoms with Gasteiger partial charge < -0.3 is 19.4 Å². The number of morpholine rings is 1. The second-order valence-corrected chi connectivity index (χ2v) is 12.5. The Bertz CT molecular complexity index is 1830. The van der Waals surface area contributed by atoms with E-state index >= 15 is 0 Å². The van der Waals surface area contributed by atoms with E-state index in [9.17, 15) is 9.59 Å². The van der Waals surface area contributed by atoms with Gasteiger partial charge in [-0.2, -0.15) is 0 Å². The molecule has 8 nitrogen and oxygen atoms in total. The van der Waals surface area contributed by atoms with Crippen molar-refractivity contribution in [3.05, 3.63) is 113 Å². The molecule has 42 heavy (non-hydrogen) atoms. The first-order valence-corrected chi connectivity index (χ1v) is 15.5. The van der Waals surface area contributed by atoms with E-state index in [-0.39, 0.29) is 11.5 Å². The third-order valence-electron chi connectivity index (χ3n) is 7.48. The molecular weight excluding hydrogens is 616 g/mol. The Hall–Kier alpha value is -3.73. The third kappa shape index (κ3) is 5.54. The molecule has 6 rings (SSSR count). The van der Waals surface area contributed by atoms with E-state index < -0.39 is 6.04 Å². The molecule has 1 amide bonds. The van der Waals surface area contributed by atoms with Crippen molar-refractivity contribution >= 4 is 50.8 Å². The van der Waals surface area contributed by atoms with Gasteiger partial charge in [0.15, 0.2) is 4.80 Å². The van der Waals surface area contributed by atoms with Gasteiger partial charge in [0.25, 0.3) is 11.5 Å². The van der Waals surface area contributed by atoms with Crippen LogP contribution in [0.25, 0.3) is 6.08 Å². The number of halogens is 1. The summed E-state index contributed by atoms with van der Waals surface area (Å²) < 4.78 is 14.6. The number of ether oxygens (including phenoxy) is 1. The first-order valence-electron chi connectivity index (χ1n) is 13.9. The molecule has 1 atom stereocenters. The first-order chi connectivity index (χ1) is 20.3. The Labute approximate surface area is 255 Å². The molecule has 1 unspecified atom stereocenters. The molecule has 2 aliphatic rings. The number of anilines is 2. The van der Waals surface area contributed by atoms with Gasteiger partial charge in [0.2, 0.25) is 5.88 Å². The highest BCUT2D eigenvalue weighted by Gasteiger charge is 2.32. The molecule has 0 radical (unpaired) electrons. The normalized spacial score (nSPS) is 17.4. The van der Waals surface area contributed by atoms with Crippen LogP contribution in [0.4, 0.5) is 11.6 Å². The molecule has 2 aromatic carbocycles. The van der Waals surface area contributed by atoms with Crippen LogP contribution in [0.3, 0.4) is 0 Å². The Morgan fingerprint density at radius 1 is 1.12 bits per heavy atom. The van der Waals surface area contributed by atoms with Crippen LogP contribution in [-0.2, 0) is 9.53 Å². The van der Waals surface area contributed by atoms with Crippen LogP contribution < -0.4 is 25.1 Å². The molecule has 1 saturated heterocycles. The zero-order valence-corrected chi connectivity index (χ0v) is 26.0. The number of amides is 1. The minimum absolute atomic E-state index is 0.227. The van der Waals surface area contributed by atoms with Crippen LogP contribution in [0.1, 0.15) is 49.6 Å². The number of aromatic nitrogens is 1. The molecule has 2 aromatic heterocycles. The number of carbonyl (C=O) groups is 1. The van der Waals surface area contributed by atoms with Gasteiger partial charge in [0, 0.05) is 30.9 Å². The molecule has 0 saturated carbocycles. The van der Waals surface area contributed by atoms with E-state index in [4.69, 9.17) is 14.1 Å². The first kappa shape index (κ1) is 28.4. The maximum atomic E-state index is 14.1. The number of furan rings is 1. The lowest BCUT2D eigenvalue weighted by molar-refractivity contribution is -0.113. The number of rotatable bonds is 6. The van der Waals surface area contributed by atoms with Crippen molar-refractivity contribution in [2.45, 2.75) is 32.7 Å². The molecule has 2 aliphatic heterocycles. The summed E-state index contributed by atoms with van der Waals surface area (Å²) >= 11 is 4.90. The number of carbonyl (C=O) groups excluding carboxylic acids is 1. The largest absolute Gasteiger partial charge is 0.440 e. The highest BCUT2D eigenvalue weighted by atomic mass is 79.9. The van der Waals surface area contributed by atoms with Crippen LogP contribution in [-0.4, -0.2) is 36.8 Å². The number of nitrogens with one attached hydrogen (secondary N) is 1. The highest BCUT2D eigenvalue weighted by molar-refractivity contribution is 9.10. The fourth-order valence-electron chi connectivity index (χ4n) is 5.27. The van der Waals surface area contributed by atoms with Crippen molar-refractivity contribution in [2.24, 2.45) is 4.99 Å². The molecular formula is C32H31BrN4O4S. The highest BCUT2D eigenvalue weighted by Crippen LogP contribution is 2.33. The molecule has 0 spiro atoms. The van der Waals surface area contributed by atoms with Gasteiger partial charge in [-0.25, -0.2) is 4.99 Å². The van der Waals surface area contributed by atoms with Crippen molar-refractivity contribution in [2.75, 3.05) is 36.5 Å². The molecule has 1 fully saturated rings. The summed E-state index contributed by atoms with van der Waals surface area (Å²) in [5, 5.41) is 3.00. The van der Waals surface area contributed by atoms with Gasteiger partial charge in [0.1, 0.15) is 5.76 Å². The number of hydrogen-bond donors (Lipinski definition) is 1. The number of thiazole rings is 1. The van der Waals surface area contributed by atoms with Crippen LogP contribution in [0.15, 0.2) is 90.6 Å². The summed E-state index contributed by atoms with van der Waals surface area (Å²) in [5.74, 6) is 1.34. The van der Waals surface area contributed by atoms with Crippen molar-refractivity contribution in [3.8, 4) is 0 Å². The van der Waals surface area contributed by atoms with E-state index in [2.05, 4.69) is 52.1 Å². The summed E-state index contributed by atoms with van der Waals surface area (Å²) in [6.45, 7) is 8.84. The van der Waals surface area contributed by atoms with Gasteiger partial charge >= 0.3 is 0 Å². The predicted octanol–water partition coefficient (Wildman–Crippen LogP) is 5.19. The number of fused-ring (bicyclic) bond motifs is 1. The van der Waals surface area contributed by atoms with Crippen LogP contribution in [0, 0.1) is 0 Å². The number of para-hydroxylation sites is 1. The van der Waals surface area contributed by atoms with Gasteiger partial charge in [-0.15, -0.1) is 0 Å². The molecule has 0 bridgehead atoms. The maximum Gasteiger partial charge on any atom is 0.271 e. The fourth-order valence-corrected chi connectivity index (χ4v) is 6.85. The van der Waals surface area contributed by atoms with E-state index in [1.54, 1.807) is 10.6 Å². The SMILES string of the molecule is CC1=C(C(=O)Nc2ccccc2)C(c2ccc(C(C)C)cc2)n2c(s/c(=C/c3cc(Br)c(N4CCOCC4)o3)c2=O)=N1. The lowest BCUT2D eigenvalue weighted by Crippen LogP contribution is -2.40. The number of hydrogen-bond acceptors (Lipinski definition) is 7. The minimum Gasteiger partial charge on any atom is -0.440 e. The molecule has 4 aromatic rings. The fraction of sp³-hybridized carbons (Fsp3) is 0.281. The lowest BCUT2D eigenvalue weighted by Gasteiger charge is -2.26.